The molecule has 0 aliphatic rings. The van der Waals surface area contributed by atoms with Crippen LogP contribution >= 0.6 is 22.7 Å². The fraction of sp³-hybridized carbons (Fsp3) is 0.421. The number of carbonyl (C=O) groups is 1. The van der Waals surface area contributed by atoms with Gasteiger partial charge in [0.15, 0.2) is 0 Å². The van der Waals surface area contributed by atoms with Crippen molar-refractivity contribution in [1.82, 2.24) is 9.97 Å². The molecule has 132 valence electrons. The first-order valence-corrected chi connectivity index (χ1v) is 10.1. The molecule has 0 aliphatic heterocycles. The molecule has 0 atom stereocenters. The second-order valence-electron chi connectivity index (χ2n) is 7.51. The Morgan fingerprint density at radius 1 is 1.24 bits per heavy atom. The third kappa shape index (κ3) is 4.25. The molecule has 0 saturated carbocycles. The highest BCUT2D eigenvalue weighted by Gasteiger charge is 2.19. The Morgan fingerprint density at radius 2 is 2.00 bits per heavy atom. The maximum Gasteiger partial charge on any atom is 0.230 e. The molecule has 2 aromatic heterocycles. The molecule has 0 radical (unpaired) electrons. The van der Waals surface area contributed by atoms with E-state index in [0.717, 1.165) is 31.6 Å². The first-order valence-electron chi connectivity index (χ1n) is 8.37. The van der Waals surface area contributed by atoms with E-state index in [2.05, 4.69) is 49.9 Å². The highest BCUT2D eigenvalue weighted by molar-refractivity contribution is 7.18. The summed E-state index contributed by atoms with van der Waals surface area (Å²) in [5, 5.41) is 7.13. The molecule has 1 amide bonds. The van der Waals surface area contributed by atoms with Crippen molar-refractivity contribution in [3.05, 3.63) is 39.3 Å². The van der Waals surface area contributed by atoms with Gasteiger partial charge in [0.2, 0.25) is 5.91 Å². The number of aromatic nitrogens is 2. The summed E-state index contributed by atoms with van der Waals surface area (Å²) in [5.74, 6) is 0.371. The Kier molecular flexibility index (Phi) is 4.93. The molecule has 0 saturated heterocycles. The first kappa shape index (κ1) is 18.0. The molecule has 3 rings (SSSR count). The number of rotatable bonds is 4. The second kappa shape index (κ2) is 6.84. The van der Waals surface area contributed by atoms with Crippen LogP contribution < -0.4 is 5.32 Å². The average molecular weight is 374 g/mol. The molecule has 0 unspecified atom stereocenters. The third-order valence-electron chi connectivity index (χ3n) is 3.72. The van der Waals surface area contributed by atoms with Crippen molar-refractivity contribution in [3.8, 4) is 0 Å². The summed E-state index contributed by atoms with van der Waals surface area (Å²) in [7, 11) is 0. The predicted octanol–water partition coefficient (Wildman–Crippen LogP) is 5.35. The summed E-state index contributed by atoms with van der Waals surface area (Å²) in [6, 6.07) is 5.87. The van der Waals surface area contributed by atoms with Crippen molar-refractivity contribution < 1.29 is 4.79 Å². The van der Waals surface area contributed by atoms with Gasteiger partial charge in [-0.2, -0.15) is 0 Å². The first-order chi connectivity index (χ1) is 11.7. The van der Waals surface area contributed by atoms with Crippen molar-refractivity contribution in [2.45, 2.75) is 52.4 Å². The number of benzene rings is 1. The Bertz CT molecular complexity index is 903. The van der Waals surface area contributed by atoms with E-state index in [9.17, 15) is 4.79 Å². The Balaban J connectivity index is 1.70. The van der Waals surface area contributed by atoms with E-state index in [1.54, 1.807) is 22.7 Å². The fourth-order valence-electron chi connectivity index (χ4n) is 2.37. The van der Waals surface area contributed by atoms with Gasteiger partial charge in [0.25, 0.3) is 0 Å². The molecule has 0 aliphatic carbocycles. The quantitative estimate of drug-likeness (QED) is 0.670. The van der Waals surface area contributed by atoms with Crippen LogP contribution in [0.2, 0.25) is 0 Å². The molecule has 0 spiro atoms. The number of amides is 1. The molecule has 0 bridgehead atoms. The van der Waals surface area contributed by atoms with Gasteiger partial charge in [-0.25, -0.2) is 9.97 Å². The van der Waals surface area contributed by atoms with E-state index in [1.165, 1.54) is 0 Å². The lowest BCUT2D eigenvalue weighted by Crippen LogP contribution is -2.15. The Labute approximate surface area is 156 Å². The molecule has 0 fully saturated rings. The van der Waals surface area contributed by atoms with Crippen molar-refractivity contribution in [2.24, 2.45) is 0 Å². The molecule has 2 heterocycles. The smallest absolute Gasteiger partial charge is 0.230 e. The van der Waals surface area contributed by atoms with Crippen LogP contribution in [0, 0.1) is 0 Å². The maximum absolute atomic E-state index is 12.3. The summed E-state index contributed by atoms with van der Waals surface area (Å²) < 4.78 is 1.10. The van der Waals surface area contributed by atoms with Gasteiger partial charge in [0, 0.05) is 22.4 Å². The lowest BCUT2D eigenvalue weighted by molar-refractivity contribution is -0.115. The number of hydrogen-bond donors (Lipinski definition) is 1. The number of anilines is 1. The molecule has 3 aromatic rings. The lowest BCUT2D eigenvalue weighted by atomic mass is 9.98. The van der Waals surface area contributed by atoms with E-state index in [1.807, 2.05) is 23.6 Å². The van der Waals surface area contributed by atoms with Crippen LogP contribution in [-0.4, -0.2) is 15.9 Å². The standard InChI is InChI=1S/C19H23N3OS2/c1-11(2)17-22-14-7-6-12(8-15(14)25-17)20-16(23)9-13-10-24-18(21-13)19(3,4)5/h6-8,10-11H,9H2,1-5H3,(H,20,23). The van der Waals surface area contributed by atoms with Crippen molar-refractivity contribution in [3.63, 3.8) is 0 Å². The number of hydrogen-bond acceptors (Lipinski definition) is 5. The summed E-state index contributed by atoms with van der Waals surface area (Å²) in [4.78, 5) is 21.5. The normalized spacial score (nSPS) is 12.1. The maximum atomic E-state index is 12.3. The minimum atomic E-state index is -0.0429. The number of nitrogens with zero attached hydrogens (tertiary/aromatic N) is 2. The van der Waals surface area contributed by atoms with Crippen LogP contribution in [0.1, 0.15) is 56.2 Å². The minimum absolute atomic E-state index is 0.0186. The van der Waals surface area contributed by atoms with Crippen molar-refractivity contribution in [1.29, 1.82) is 0 Å². The average Bonchev–Trinajstić information content (AvgIpc) is 3.12. The van der Waals surface area contributed by atoms with Crippen LogP contribution in [0.3, 0.4) is 0 Å². The summed E-state index contributed by atoms with van der Waals surface area (Å²) in [5.41, 5.74) is 2.64. The van der Waals surface area contributed by atoms with E-state index in [-0.39, 0.29) is 11.3 Å². The van der Waals surface area contributed by atoms with Gasteiger partial charge in [-0.15, -0.1) is 22.7 Å². The summed E-state index contributed by atoms with van der Waals surface area (Å²) in [6.45, 7) is 10.7. The van der Waals surface area contributed by atoms with Gasteiger partial charge < -0.3 is 5.32 Å². The van der Waals surface area contributed by atoms with Crippen LogP contribution in [0.25, 0.3) is 10.2 Å². The van der Waals surface area contributed by atoms with Crippen molar-refractivity contribution >= 4 is 44.5 Å². The van der Waals surface area contributed by atoms with Gasteiger partial charge in [-0.3, -0.25) is 4.79 Å². The van der Waals surface area contributed by atoms with Crippen LogP contribution in [0.15, 0.2) is 23.6 Å². The molecule has 6 heteroatoms. The zero-order valence-corrected chi connectivity index (χ0v) is 16.8. The van der Waals surface area contributed by atoms with Gasteiger partial charge in [-0.1, -0.05) is 34.6 Å². The topological polar surface area (TPSA) is 54.9 Å². The van der Waals surface area contributed by atoms with E-state index in [0.29, 0.717) is 12.3 Å². The SMILES string of the molecule is CC(C)c1nc2ccc(NC(=O)Cc3csc(C(C)(C)C)n3)cc2s1. The Hall–Kier alpha value is -1.79. The third-order valence-corrected chi connectivity index (χ3v) is 6.35. The van der Waals surface area contributed by atoms with Crippen LogP contribution in [0.4, 0.5) is 5.69 Å². The monoisotopic (exact) mass is 373 g/mol. The molecular weight excluding hydrogens is 350 g/mol. The summed E-state index contributed by atoms with van der Waals surface area (Å²) >= 11 is 3.30. The lowest BCUT2D eigenvalue weighted by Gasteiger charge is -2.13. The largest absolute Gasteiger partial charge is 0.326 e. The van der Waals surface area contributed by atoms with Gasteiger partial charge in [0.05, 0.1) is 32.3 Å². The van der Waals surface area contributed by atoms with E-state index >= 15 is 0 Å². The van der Waals surface area contributed by atoms with Gasteiger partial charge >= 0.3 is 0 Å². The number of fused-ring (bicyclic) bond motifs is 1. The highest BCUT2D eigenvalue weighted by Crippen LogP contribution is 2.29. The second-order valence-corrected chi connectivity index (χ2v) is 9.43. The minimum Gasteiger partial charge on any atom is -0.326 e. The predicted molar refractivity (Wildman–Crippen MR) is 107 cm³/mol. The Morgan fingerprint density at radius 3 is 2.64 bits per heavy atom. The zero-order chi connectivity index (χ0) is 18.2. The van der Waals surface area contributed by atoms with Crippen molar-refractivity contribution in [2.75, 3.05) is 5.32 Å². The fourth-order valence-corrected chi connectivity index (χ4v) is 4.29. The highest BCUT2D eigenvalue weighted by atomic mass is 32.1. The molecule has 25 heavy (non-hydrogen) atoms. The van der Waals surface area contributed by atoms with Gasteiger partial charge in [-0.05, 0) is 18.2 Å². The van der Waals surface area contributed by atoms with Gasteiger partial charge in [0.1, 0.15) is 0 Å². The van der Waals surface area contributed by atoms with Crippen LogP contribution in [-0.2, 0) is 16.6 Å². The molecule has 1 N–H and O–H groups in total. The number of carbonyl (C=O) groups excluding carboxylic acids is 1. The van der Waals surface area contributed by atoms with E-state index < -0.39 is 0 Å². The zero-order valence-electron chi connectivity index (χ0n) is 15.2. The number of thiazole rings is 2. The molecular formula is C19H23N3OS2. The van der Waals surface area contributed by atoms with E-state index in [4.69, 9.17) is 0 Å². The molecule has 4 nitrogen and oxygen atoms in total. The summed E-state index contributed by atoms with van der Waals surface area (Å²) in [6.07, 6.45) is 0.296. The number of nitrogens with one attached hydrogen (secondary N) is 1. The molecule has 1 aromatic carbocycles. The van der Waals surface area contributed by atoms with Crippen LogP contribution in [0.5, 0.6) is 0 Å².